The van der Waals surface area contributed by atoms with Gasteiger partial charge in [0.1, 0.15) is 5.82 Å². The molecule has 2 aromatic rings. The van der Waals surface area contributed by atoms with Crippen LogP contribution in [0.5, 0.6) is 0 Å². The average molecular weight is 263 g/mol. The van der Waals surface area contributed by atoms with Gasteiger partial charge in [0.2, 0.25) is 0 Å². The van der Waals surface area contributed by atoms with Crippen molar-refractivity contribution < 1.29 is 13.7 Å². The highest BCUT2D eigenvalue weighted by Gasteiger charge is 2.22. The second kappa shape index (κ2) is 4.97. The maximum absolute atomic E-state index is 13.1. The molecule has 19 heavy (non-hydrogen) atoms. The maximum Gasteiger partial charge on any atom is 0.258 e. The van der Waals surface area contributed by atoms with E-state index in [0.29, 0.717) is 23.9 Å². The van der Waals surface area contributed by atoms with Crippen LogP contribution in [0.15, 0.2) is 22.7 Å². The molecule has 3 rings (SSSR count). The fourth-order valence-electron chi connectivity index (χ4n) is 2.14. The van der Waals surface area contributed by atoms with Gasteiger partial charge in [-0.3, -0.25) is 0 Å². The number of nitrogens with zero attached hydrogens (tertiary/aromatic N) is 2. The van der Waals surface area contributed by atoms with Crippen molar-refractivity contribution in [1.82, 2.24) is 10.1 Å². The Hall–Kier alpha value is -1.95. The average Bonchev–Trinajstić information content (AvgIpc) is 2.93. The number of ether oxygens (including phenoxy) is 1. The highest BCUT2D eigenvalue weighted by molar-refractivity contribution is 5.60. The first-order valence-corrected chi connectivity index (χ1v) is 6.21. The molecule has 0 spiro atoms. The molecule has 1 aliphatic heterocycles. The summed E-state index contributed by atoms with van der Waals surface area (Å²) in [5, 5.41) is 3.97. The molecule has 0 aliphatic carbocycles. The van der Waals surface area contributed by atoms with Crippen molar-refractivity contribution >= 4 is 5.69 Å². The molecular weight excluding hydrogens is 249 g/mol. The Morgan fingerprint density at radius 1 is 1.37 bits per heavy atom. The molecule has 6 heteroatoms. The maximum atomic E-state index is 13.1. The van der Waals surface area contributed by atoms with Gasteiger partial charge in [-0.15, -0.1) is 0 Å². The first-order chi connectivity index (χ1) is 9.24. The van der Waals surface area contributed by atoms with Crippen molar-refractivity contribution in [1.29, 1.82) is 0 Å². The van der Waals surface area contributed by atoms with E-state index < -0.39 is 5.82 Å². The number of hydrogen-bond acceptors (Lipinski definition) is 5. The molecule has 2 N–H and O–H groups in total. The van der Waals surface area contributed by atoms with E-state index in [1.165, 1.54) is 12.1 Å². The molecule has 1 aromatic carbocycles. The Kier molecular flexibility index (Phi) is 3.16. The predicted octanol–water partition coefficient (Wildman–Crippen LogP) is 2.35. The number of nitrogens with two attached hydrogens (primary N) is 1. The molecule has 2 heterocycles. The van der Waals surface area contributed by atoms with E-state index in [1.807, 2.05) is 0 Å². The summed E-state index contributed by atoms with van der Waals surface area (Å²) in [6, 6.07) is 4.35. The lowest BCUT2D eigenvalue weighted by Gasteiger charge is -2.18. The topological polar surface area (TPSA) is 74.2 Å². The van der Waals surface area contributed by atoms with Crippen LogP contribution in [0.3, 0.4) is 0 Å². The molecule has 5 nitrogen and oxygen atoms in total. The van der Waals surface area contributed by atoms with Gasteiger partial charge in [-0.2, -0.15) is 4.98 Å². The Morgan fingerprint density at radius 2 is 2.26 bits per heavy atom. The van der Waals surface area contributed by atoms with E-state index in [1.54, 1.807) is 6.07 Å². The van der Waals surface area contributed by atoms with Gasteiger partial charge >= 0.3 is 0 Å². The zero-order valence-corrected chi connectivity index (χ0v) is 10.3. The third kappa shape index (κ3) is 2.44. The number of anilines is 1. The quantitative estimate of drug-likeness (QED) is 0.842. The third-order valence-corrected chi connectivity index (χ3v) is 3.21. The van der Waals surface area contributed by atoms with Gasteiger partial charge in [-0.1, -0.05) is 5.16 Å². The van der Waals surface area contributed by atoms with Gasteiger partial charge in [-0.05, 0) is 31.0 Å². The Morgan fingerprint density at radius 3 is 3.00 bits per heavy atom. The lowest BCUT2D eigenvalue weighted by molar-refractivity contribution is 0.0773. The van der Waals surface area contributed by atoms with Gasteiger partial charge < -0.3 is 15.0 Å². The first kappa shape index (κ1) is 12.1. The largest absolute Gasteiger partial charge is 0.396 e. The molecule has 1 aromatic heterocycles. The molecular formula is C13H14FN3O2. The van der Waals surface area contributed by atoms with E-state index in [9.17, 15) is 4.39 Å². The van der Waals surface area contributed by atoms with E-state index in [4.69, 9.17) is 15.0 Å². The molecule has 0 bridgehead atoms. The molecule has 100 valence electrons. The van der Waals surface area contributed by atoms with Gasteiger partial charge in [0.05, 0.1) is 12.3 Å². The minimum atomic E-state index is -0.454. The highest BCUT2D eigenvalue weighted by atomic mass is 19.1. The Balaban J connectivity index is 1.85. The van der Waals surface area contributed by atoms with Crippen LogP contribution < -0.4 is 5.73 Å². The van der Waals surface area contributed by atoms with Crippen molar-refractivity contribution in [3.63, 3.8) is 0 Å². The summed E-state index contributed by atoms with van der Waals surface area (Å²) in [5.74, 6) is 0.707. The minimum absolute atomic E-state index is 0.0678. The van der Waals surface area contributed by atoms with Crippen LogP contribution in [0, 0.1) is 5.82 Å². The van der Waals surface area contributed by atoms with Crippen LogP contribution in [-0.2, 0) is 4.74 Å². The number of rotatable bonds is 2. The molecule has 1 aliphatic rings. The molecule has 0 saturated carbocycles. The highest BCUT2D eigenvalue weighted by Crippen LogP contribution is 2.27. The van der Waals surface area contributed by atoms with E-state index >= 15 is 0 Å². The normalized spacial score (nSPS) is 19.5. The summed E-state index contributed by atoms with van der Waals surface area (Å²) < 4.78 is 23.7. The van der Waals surface area contributed by atoms with Gasteiger partial charge in [-0.25, -0.2) is 4.39 Å². The van der Waals surface area contributed by atoms with E-state index in [2.05, 4.69) is 10.1 Å². The number of halogens is 1. The summed E-state index contributed by atoms with van der Waals surface area (Å²) in [5.41, 5.74) is 6.21. The number of hydrogen-bond donors (Lipinski definition) is 1. The SMILES string of the molecule is Nc1cc(-c2nc(C3CCCOC3)no2)ccc1F. The van der Waals surface area contributed by atoms with Crippen molar-refractivity contribution in [2.24, 2.45) is 0 Å². The third-order valence-electron chi connectivity index (χ3n) is 3.21. The van der Waals surface area contributed by atoms with Crippen molar-refractivity contribution in [2.45, 2.75) is 18.8 Å². The molecule has 1 fully saturated rings. The Bertz CT molecular complexity index is 579. The van der Waals surface area contributed by atoms with E-state index in [0.717, 1.165) is 19.4 Å². The Labute approximate surface area is 109 Å². The fourth-order valence-corrected chi connectivity index (χ4v) is 2.14. The molecule has 0 radical (unpaired) electrons. The van der Waals surface area contributed by atoms with Gasteiger partial charge in [0.15, 0.2) is 5.82 Å². The second-order valence-corrected chi connectivity index (χ2v) is 4.61. The zero-order chi connectivity index (χ0) is 13.2. The molecule has 0 amide bonds. The lowest BCUT2D eigenvalue weighted by Crippen LogP contribution is -2.16. The molecule has 1 atom stereocenters. The van der Waals surface area contributed by atoms with Crippen LogP contribution in [0.2, 0.25) is 0 Å². The van der Waals surface area contributed by atoms with Crippen LogP contribution in [0.1, 0.15) is 24.6 Å². The van der Waals surface area contributed by atoms with Crippen molar-refractivity contribution in [3.05, 3.63) is 29.8 Å². The standard InChI is InChI=1S/C13H14FN3O2/c14-10-4-3-8(6-11(10)15)13-16-12(17-19-13)9-2-1-5-18-7-9/h3-4,6,9H,1-2,5,7,15H2. The fraction of sp³-hybridized carbons (Fsp3) is 0.385. The van der Waals surface area contributed by atoms with Crippen LogP contribution in [-0.4, -0.2) is 23.4 Å². The summed E-state index contributed by atoms with van der Waals surface area (Å²) in [6.45, 7) is 1.40. The van der Waals surface area contributed by atoms with Gasteiger partial charge in [0.25, 0.3) is 5.89 Å². The monoisotopic (exact) mass is 263 g/mol. The molecule has 1 saturated heterocycles. The second-order valence-electron chi connectivity index (χ2n) is 4.61. The lowest BCUT2D eigenvalue weighted by atomic mass is 10.0. The number of nitrogen functional groups attached to an aromatic ring is 1. The van der Waals surface area contributed by atoms with Crippen LogP contribution >= 0.6 is 0 Å². The van der Waals surface area contributed by atoms with Gasteiger partial charge in [0, 0.05) is 18.1 Å². The summed E-state index contributed by atoms with van der Waals surface area (Å²) in [4.78, 5) is 4.34. The first-order valence-electron chi connectivity index (χ1n) is 6.21. The van der Waals surface area contributed by atoms with E-state index in [-0.39, 0.29) is 11.6 Å². The molecule has 1 unspecified atom stereocenters. The zero-order valence-electron chi connectivity index (χ0n) is 10.3. The predicted molar refractivity (Wildman–Crippen MR) is 66.9 cm³/mol. The number of benzene rings is 1. The number of aromatic nitrogens is 2. The summed E-state index contributed by atoms with van der Waals surface area (Å²) >= 11 is 0. The summed E-state index contributed by atoms with van der Waals surface area (Å²) in [6.07, 6.45) is 1.99. The van der Waals surface area contributed by atoms with Crippen molar-refractivity contribution in [2.75, 3.05) is 18.9 Å². The van der Waals surface area contributed by atoms with Crippen molar-refractivity contribution in [3.8, 4) is 11.5 Å². The summed E-state index contributed by atoms with van der Waals surface area (Å²) in [7, 11) is 0. The van der Waals surface area contributed by atoms with Crippen LogP contribution in [0.4, 0.5) is 10.1 Å². The minimum Gasteiger partial charge on any atom is -0.396 e. The van der Waals surface area contributed by atoms with Crippen LogP contribution in [0.25, 0.3) is 11.5 Å². The smallest absolute Gasteiger partial charge is 0.258 e.